The van der Waals surface area contributed by atoms with Crippen molar-refractivity contribution in [3.63, 3.8) is 0 Å². The third kappa shape index (κ3) is 1.93. The molecule has 1 fully saturated rings. The SMILES string of the molecule is C[C@H]1CC[C@@](O)(c2cc(Br)c(Br)cc2O)C1(C)C. The van der Waals surface area contributed by atoms with E-state index in [1.165, 1.54) is 0 Å². The molecule has 2 N–H and O–H groups in total. The third-order valence-electron chi connectivity index (χ3n) is 4.72. The van der Waals surface area contributed by atoms with Crippen molar-refractivity contribution in [3.8, 4) is 5.75 Å². The number of halogens is 2. The van der Waals surface area contributed by atoms with Gasteiger partial charge < -0.3 is 10.2 Å². The molecule has 0 amide bonds. The highest BCUT2D eigenvalue weighted by Gasteiger charge is 2.53. The minimum Gasteiger partial charge on any atom is -0.508 e. The van der Waals surface area contributed by atoms with E-state index >= 15 is 0 Å². The molecule has 1 aromatic carbocycles. The van der Waals surface area contributed by atoms with E-state index < -0.39 is 5.60 Å². The van der Waals surface area contributed by atoms with Crippen molar-refractivity contribution in [3.05, 3.63) is 26.6 Å². The van der Waals surface area contributed by atoms with Crippen LogP contribution in [0.25, 0.3) is 0 Å². The van der Waals surface area contributed by atoms with Crippen molar-refractivity contribution in [2.24, 2.45) is 11.3 Å². The number of phenolic OH excluding ortho intramolecular Hbond substituents is 1. The fourth-order valence-corrected chi connectivity index (χ4v) is 3.54. The Hall–Kier alpha value is -0.0600. The number of phenols is 1. The first kappa shape index (κ1) is 14.4. The summed E-state index contributed by atoms with van der Waals surface area (Å²) >= 11 is 6.79. The van der Waals surface area contributed by atoms with Crippen LogP contribution in [0.5, 0.6) is 5.75 Å². The molecule has 100 valence electrons. The van der Waals surface area contributed by atoms with Crippen molar-refractivity contribution >= 4 is 31.9 Å². The molecule has 1 aliphatic rings. The number of benzene rings is 1. The maximum Gasteiger partial charge on any atom is 0.122 e. The molecular weight excluding hydrogens is 360 g/mol. The Morgan fingerprint density at radius 1 is 1.22 bits per heavy atom. The first-order chi connectivity index (χ1) is 8.20. The summed E-state index contributed by atoms with van der Waals surface area (Å²) in [5.74, 6) is 0.569. The van der Waals surface area contributed by atoms with Crippen LogP contribution in [0.3, 0.4) is 0 Å². The molecule has 0 radical (unpaired) electrons. The number of aromatic hydroxyl groups is 1. The quantitative estimate of drug-likeness (QED) is 0.752. The predicted molar refractivity (Wildman–Crippen MR) is 79.6 cm³/mol. The van der Waals surface area contributed by atoms with Gasteiger partial charge >= 0.3 is 0 Å². The standard InChI is InChI=1S/C14H18Br2O2/c1-8-4-5-14(18,13(8,2)3)9-6-10(15)11(16)7-12(9)17/h6-8,17-18H,4-5H2,1-3H3/t8-,14+/m0/s1. The van der Waals surface area contributed by atoms with Gasteiger partial charge in [-0.25, -0.2) is 0 Å². The molecule has 2 atom stereocenters. The number of hydrogen-bond acceptors (Lipinski definition) is 2. The zero-order valence-electron chi connectivity index (χ0n) is 10.8. The van der Waals surface area contributed by atoms with E-state index in [-0.39, 0.29) is 11.2 Å². The second-order valence-corrected chi connectivity index (χ2v) is 7.51. The largest absolute Gasteiger partial charge is 0.508 e. The molecule has 4 heteroatoms. The lowest BCUT2D eigenvalue weighted by molar-refractivity contribution is -0.0635. The molecule has 1 saturated carbocycles. The molecule has 2 nitrogen and oxygen atoms in total. The second kappa shape index (κ2) is 4.50. The van der Waals surface area contributed by atoms with Crippen LogP contribution in [0.2, 0.25) is 0 Å². The van der Waals surface area contributed by atoms with Crippen LogP contribution in [0, 0.1) is 11.3 Å². The molecule has 0 heterocycles. The fraction of sp³-hybridized carbons (Fsp3) is 0.571. The fourth-order valence-electron chi connectivity index (χ4n) is 2.87. The highest BCUT2D eigenvalue weighted by molar-refractivity contribution is 9.13. The molecule has 2 rings (SSSR count). The molecule has 1 aromatic rings. The van der Waals surface area contributed by atoms with E-state index in [1.54, 1.807) is 6.07 Å². The molecular formula is C14H18Br2O2. The van der Waals surface area contributed by atoms with Crippen LogP contribution in [-0.4, -0.2) is 10.2 Å². The lowest BCUT2D eigenvalue weighted by Gasteiger charge is -2.40. The third-order valence-corrected chi connectivity index (χ3v) is 6.57. The summed E-state index contributed by atoms with van der Waals surface area (Å²) in [5, 5.41) is 21.2. The van der Waals surface area contributed by atoms with Crippen molar-refractivity contribution in [1.29, 1.82) is 0 Å². The molecule has 0 saturated heterocycles. The number of aliphatic hydroxyl groups is 1. The van der Waals surface area contributed by atoms with Gasteiger partial charge in [0.1, 0.15) is 5.75 Å². The van der Waals surface area contributed by atoms with Crippen LogP contribution in [-0.2, 0) is 5.60 Å². The zero-order valence-corrected chi connectivity index (χ0v) is 14.0. The van der Waals surface area contributed by atoms with Gasteiger partial charge in [0.15, 0.2) is 0 Å². The normalized spacial score (nSPS) is 30.7. The van der Waals surface area contributed by atoms with E-state index in [0.29, 0.717) is 17.9 Å². The van der Waals surface area contributed by atoms with Crippen LogP contribution < -0.4 is 0 Å². The van der Waals surface area contributed by atoms with Gasteiger partial charge in [-0.05, 0) is 62.8 Å². The maximum absolute atomic E-state index is 11.1. The van der Waals surface area contributed by atoms with Crippen molar-refractivity contribution < 1.29 is 10.2 Å². The highest BCUT2D eigenvalue weighted by Crippen LogP contribution is 2.57. The van der Waals surface area contributed by atoms with E-state index in [2.05, 4.69) is 52.6 Å². The van der Waals surface area contributed by atoms with Gasteiger partial charge in [-0.2, -0.15) is 0 Å². The number of hydrogen-bond donors (Lipinski definition) is 2. The van der Waals surface area contributed by atoms with E-state index in [9.17, 15) is 10.2 Å². The van der Waals surface area contributed by atoms with Gasteiger partial charge in [0, 0.05) is 19.9 Å². The topological polar surface area (TPSA) is 40.5 Å². The Morgan fingerprint density at radius 2 is 1.78 bits per heavy atom. The Labute approximate surface area is 125 Å². The monoisotopic (exact) mass is 376 g/mol. The van der Waals surface area contributed by atoms with Gasteiger partial charge in [0.25, 0.3) is 0 Å². The van der Waals surface area contributed by atoms with Gasteiger partial charge in [0.2, 0.25) is 0 Å². The molecule has 1 aliphatic carbocycles. The second-order valence-electron chi connectivity index (χ2n) is 5.81. The smallest absolute Gasteiger partial charge is 0.122 e. The first-order valence-electron chi connectivity index (χ1n) is 6.11. The van der Waals surface area contributed by atoms with E-state index in [0.717, 1.165) is 15.4 Å². The van der Waals surface area contributed by atoms with Crippen LogP contribution in [0.15, 0.2) is 21.1 Å². The van der Waals surface area contributed by atoms with E-state index in [1.807, 2.05) is 6.07 Å². The Morgan fingerprint density at radius 3 is 2.28 bits per heavy atom. The average Bonchev–Trinajstić information content (AvgIpc) is 2.48. The zero-order chi connectivity index (χ0) is 13.7. The van der Waals surface area contributed by atoms with Gasteiger partial charge in [-0.1, -0.05) is 20.8 Å². The summed E-state index contributed by atoms with van der Waals surface area (Å²) in [5.41, 5.74) is -0.607. The molecule has 18 heavy (non-hydrogen) atoms. The summed E-state index contributed by atoms with van der Waals surface area (Å²) in [6.45, 7) is 6.29. The minimum atomic E-state index is -0.973. The van der Waals surface area contributed by atoms with Crippen molar-refractivity contribution in [2.75, 3.05) is 0 Å². The summed E-state index contributed by atoms with van der Waals surface area (Å²) < 4.78 is 1.63. The maximum atomic E-state index is 11.1. The van der Waals surface area contributed by atoms with Crippen molar-refractivity contribution in [2.45, 2.75) is 39.2 Å². The van der Waals surface area contributed by atoms with Crippen LogP contribution in [0.1, 0.15) is 39.2 Å². The summed E-state index contributed by atoms with van der Waals surface area (Å²) in [4.78, 5) is 0. The van der Waals surface area contributed by atoms with Gasteiger partial charge in [-0.3, -0.25) is 0 Å². The van der Waals surface area contributed by atoms with E-state index in [4.69, 9.17) is 0 Å². The number of rotatable bonds is 1. The van der Waals surface area contributed by atoms with Gasteiger partial charge in [-0.15, -0.1) is 0 Å². The molecule has 0 aliphatic heterocycles. The molecule has 0 spiro atoms. The minimum absolute atomic E-state index is 0.148. The Kier molecular flexibility index (Phi) is 3.58. The average molecular weight is 378 g/mol. The van der Waals surface area contributed by atoms with Gasteiger partial charge in [0.05, 0.1) is 5.60 Å². The highest BCUT2D eigenvalue weighted by atomic mass is 79.9. The molecule has 0 aromatic heterocycles. The predicted octanol–water partition coefficient (Wildman–Crippen LogP) is 4.56. The van der Waals surface area contributed by atoms with Crippen LogP contribution in [0.4, 0.5) is 0 Å². The molecule has 0 bridgehead atoms. The Balaban J connectivity index is 2.58. The summed E-state index contributed by atoms with van der Waals surface area (Å²) in [6, 6.07) is 3.45. The lowest BCUT2D eigenvalue weighted by Crippen LogP contribution is -2.39. The van der Waals surface area contributed by atoms with Crippen LogP contribution >= 0.6 is 31.9 Å². The molecule has 0 unspecified atom stereocenters. The lowest BCUT2D eigenvalue weighted by atomic mass is 9.69. The first-order valence-corrected chi connectivity index (χ1v) is 7.69. The Bertz CT molecular complexity index is 485. The summed E-state index contributed by atoms with van der Waals surface area (Å²) in [6.07, 6.45) is 1.65. The van der Waals surface area contributed by atoms with Crippen molar-refractivity contribution in [1.82, 2.24) is 0 Å². The summed E-state index contributed by atoms with van der Waals surface area (Å²) in [7, 11) is 0.